The fourth-order valence-electron chi connectivity index (χ4n) is 3.97. The summed E-state index contributed by atoms with van der Waals surface area (Å²) in [6.45, 7) is 9.83. The summed E-state index contributed by atoms with van der Waals surface area (Å²) in [5.41, 5.74) is 8.76. The van der Waals surface area contributed by atoms with Crippen LogP contribution < -0.4 is 11.1 Å². The van der Waals surface area contributed by atoms with Crippen LogP contribution in [0.2, 0.25) is 0 Å². The normalized spacial score (nSPS) is 20.1. The van der Waals surface area contributed by atoms with Gasteiger partial charge in [0.15, 0.2) is 5.96 Å². The molecule has 28 heavy (non-hydrogen) atoms. The zero-order valence-corrected chi connectivity index (χ0v) is 17.2. The molecule has 1 aromatic carbocycles. The van der Waals surface area contributed by atoms with Crippen LogP contribution in [0, 0.1) is 0 Å². The lowest BCUT2D eigenvalue weighted by Gasteiger charge is -2.26. The number of guanidine groups is 1. The van der Waals surface area contributed by atoms with Gasteiger partial charge >= 0.3 is 0 Å². The summed E-state index contributed by atoms with van der Waals surface area (Å²) >= 11 is 0. The minimum Gasteiger partial charge on any atom is -0.379 e. The Balaban J connectivity index is 1.42. The average molecular weight is 388 g/mol. The van der Waals surface area contributed by atoms with Gasteiger partial charge in [-0.2, -0.15) is 0 Å². The van der Waals surface area contributed by atoms with Crippen molar-refractivity contribution in [3.8, 4) is 0 Å². The molecule has 0 atom stereocenters. The monoisotopic (exact) mass is 387 g/mol. The van der Waals surface area contributed by atoms with E-state index in [-0.39, 0.29) is 0 Å². The third-order valence-electron chi connectivity index (χ3n) is 5.69. The number of benzene rings is 1. The lowest BCUT2D eigenvalue weighted by molar-refractivity contribution is 0.0376. The molecule has 0 aromatic heterocycles. The molecule has 156 valence electrons. The number of nitrogens with zero attached hydrogens (tertiary/aromatic N) is 3. The van der Waals surface area contributed by atoms with Crippen molar-refractivity contribution in [2.45, 2.75) is 45.2 Å². The molecule has 3 rings (SSSR count). The molecule has 2 saturated heterocycles. The van der Waals surface area contributed by atoms with Crippen molar-refractivity contribution < 1.29 is 4.74 Å². The van der Waals surface area contributed by atoms with Gasteiger partial charge in [0.25, 0.3) is 0 Å². The third-order valence-corrected chi connectivity index (χ3v) is 5.69. The van der Waals surface area contributed by atoms with E-state index in [0.717, 1.165) is 52.4 Å². The van der Waals surface area contributed by atoms with Gasteiger partial charge in [0.2, 0.25) is 0 Å². The van der Waals surface area contributed by atoms with Gasteiger partial charge in [-0.15, -0.1) is 0 Å². The van der Waals surface area contributed by atoms with Crippen molar-refractivity contribution in [3.63, 3.8) is 0 Å². The highest BCUT2D eigenvalue weighted by Crippen LogP contribution is 2.16. The van der Waals surface area contributed by atoms with Crippen LogP contribution in [0.5, 0.6) is 0 Å². The maximum Gasteiger partial charge on any atom is 0.188 e. The second-order valence-electron chi connectivity index (χ2n) is 7.89. The number of rotatable bonds is 8. The number of nitrogens with one attached hydrogen (secondary N) is 1. The van der Waals surface area contributed by atoms with Crippen molar-refractivity contribution in [3.05, 3.63) is 35.4 Å². The smallest absolute Gasteiger partial charge is 0.188 e. The van der Waals surface area contributed by atoms with E-state index in [2.05, 4.69) is 44.4 Å². The summed E-state index contributed by atoms with van der Waals surface area (Å²) in [5.74, 6) is 0.548. The molecule has 6 heteroatoms. The molecule has 0 spiro atoms. The van der Waals surface area contributed by atoms with Gasteiger partial charge in [-0.25, -0.2) is 4.99 Å². The summed E-state index contributed by atoms with van der Waals surface area (Å²) in [7, 11) is 0. The molecule has 3 N–H and O–H groups in total. The van der Waals surface area contributed by atoms with Crippen molar-refractivity contribution in [2.24, 2.45) is 10.7 Å². The van der Waals surface area contributed by atoms with E-state index >= 15 is 0 Å². The second kappa shape index (κ2) is 12.0. The summed E-state index contributed by atoms with van der Waals surface area (Å²) < 4.78 is 5.38. The van der Waals surface area contributed by atoms with E-state index < -0.39 is 0 Å². The molecule has 2 aliphatic rings. The van der Waals surface area contributed by atoms with Crippen molar-refractivity contribution >= 4 is 5.96 Å². The van der Waals surface area contributed by atoms with Crippen molar-refractivity contribution in [1.82, 2.24) is 15.1 Å². The van der Waals surface area contributed by atoms with Crippen LogP contribution in [-0.4, -0.2) is 68.2 Å². The number of hydrogen-bond donors (Lipinski definition) is 2. The zero-order valence-electron chi connectivity index (χ0n) is 17.2. The maximum atomic E-state index is 6.09. The second-order valence-corrected chi connectivity index (χ2v) is 7.89. The first kappa shape index (κ1) is 21.1. The van der Waals surface area contributed by atoms with Crippen LogP contribution in [0.4, 0.5) is 0 Å². The number of nitrogens with two attached hydrogens (primary N) is 1. The number of likely N-dealkylation sites (tertiary alicyclic amines) is 1. The molecule has 2 fully saturated rings. The van der Waals surface area contributed by atoms with Crippen LogP contribution in [0.15, 0.2) is 29.3 Å². The molecular formula is C22H37N5O. The minimum atomic E-state index is 0.548. The highest BCUT2D eigenvalue weighted by molar-refractivity contribution is 5.77. The standard InChI is InChI=1S/C22H37N5O/c23-22(24-10-7-13-26-14-16-28-17-15-26)25-18-20-8-3-4-9-21(20)19-27-11-5-1-2-6-12-27/h3-4,8-9H,1-2,5-7,10-19H2,(H3,23,24,25). The molecule has 0 saturated carbocycles. The largest absolute Gasteiger partial charge is 0.379 e. The molecule has 0 bridgehead atoms. The van der Waals surface area contributed by atoms with Crippen LogP contribution in [-0.2, 0) is 17.8 Å². The lowest BCUT2D eigenvalue weighted by atomic mass is 10.1. The fraction of sp³-hybridized carbons (Fsp3) is 0.682. The first-order valence-corrected chi connectivity index (χ1v) is 10.9. The minimum absolute atomic E-state index is 0.548. The Morgan fingerprint density at radius 1 is 0.964 bits per heavy atom. The number of aliphatic imine (C=N–C) groups is 1. The zero-order chi connectivity index (χ0) is 19.4. The highest BCUT2D eigenvalue weighted by atomic mass is 16.5. The SMILES string of the molecule is NC(=NCc1ccccc1CN1CCCCCC1)NCCCN1CCOCC1. The molecule has 0 amide bonds. The quantitative estimate of drug-likeness (QED) is 0.407. The molecule has 2 aliphatic heterocycles. The Hall–Kier alpha value is -1.63. The Labute approximate surface area is 170 Å². The third kappa shape index (κ3) is 7.41. The predicted molar refractivity (Wildman–Crippen MR) is 115 cm³/mol. The van der Waals surface area contributed by atoms with E-state index in [1.54, 1.807) is 0 Å². The van der Waals surface area contributed by atoms with E-state index in [1.165, 1.54) is 49.9 Å². The van der Waals surface area contributed by atoms with Crippen LogP contribution in [0.25, 0.3) is 0 Å². The predicted octanol–water partition coefficient (Wildman–Crippen LogP) is 2.19. The number of morpholine rings is 1. The number of ether oxygens (including phenoxy) is 1. The van der Waals surface area contributed by atoms with Crippen molar-refractivity contribution in [1.29, 1.82) is 0 Å². The summed E-state index contributed by atoms with van der Waals surface area (Å²) in [6.07, 6.45) is 6.46. The maximum absolute atomic E-state index is 6.09. The fourth-order valence-corrected chi connectivity index (χ4v) is 3.97. The molecule has 0 radical (unpaired) electrons. The Morgan fingerprint density at radius 3 is 2.43 bits per heavy atom. The Morgan fingerprint density at radius 2 is 1.68 bits per heavy atom. The summed E-state index contributed by atoms with van der Waals surface area (Å²) in [6, 6.07) is 8.65. The Bertz CT molecular complexity index is 592. The molecule has 0 unspecified atom stereocenters. The molecule has 6 nitrogen and oxygen atoms in total. The molecule has 2 heterocycles. The topological polar surface area (TPSA) is 66.1 Å². The number of hydrogen-bond acceptors (Lipinski definition) is 4. The van der Waals surface area contributed by atoms with Gasteiger partial charge in [0.05, 0.1) is 19.8 Å². The molecule has 1 aromatic rings. The summed E-state index contributed by atoms with van der Waals surface area (Å²) in [4.78, 5) is 9.61. The Kier molecular flexibility index (Phi) is 9.07. The lowest BCUT2D eigenvalue weighted by Crippen LogP contribution is -2.39. The van der Waals surface area contributed by atoms with Crippen molar-refractivity contribution in [2.75, 3.05) is 52.5 Å². The first-order valence-electron chi connectivity index (χ1n) is 10.9. The summed E-state index contributed by atoms with van der Waals surface area (Å²) in [5, 5.41) is 3.26. The van der Waals surface area contributed by atoms with Gasteiger partial charge in [0, 0.05) is 26.2 Å². The van der Waals surface area contributed by atoms with E-state index in [4.69, 9.17) is 10.5 Å². The van der Waals surface area contributed by atoms with E-state index in [9.17, 15) is 0 Å². The van der Waals surface area contributed by atoms with E-state index in [0.29, 0.717) is 12.5 Å². The van der Waals surface area contributed by atoms with Gasteiger partial charge in [0.1, 0.15) is 0 Å². The van der Waals surface area contributed by atoms with Crippen LogP contribution >= 0.6 is 0 Å². The van der Waals surface area contributed by atoms with Gasteiger partial charge in [-0.1, -0.05) is 37.1 Å². The van der Waals surface area contributed by atoms with Crippen LogP contribution in [0.1, 0.15) is 43.2 Å². The van der Waals surface area contributed by atoms with Crippen LogP contribution in [0.3, 0.4) is 0 Å². The molecular weight excluding hydrogens is 350 g/mol. The van der Waals surface area contributed by atoms with Gasteiger partial charge in [-0.3, -0.25) is 9.80 Å². The molecule has 0 aliphatic carbocycles. The van der Waals surface area contributed by atoms with E-state index in [1.807, 2.05) is 0 Å². The average Bonchev–Trinajstić information content (AvgIpc) is 3.00. The van der Waals surface area contributed by atoms with Gasteiger partial charge < -0.3 is 15.8 Å². The highest BCUT2D eigenvalue weighted by Gasteiger charge is 2.12. The van der Waals surface area contributed by atoms with Gasteiger partial charge in [-0.05, 0) is 50.0 Å². The first-order chi connectivity index (χ1) is 13.8.